The molecule has 0 spiro atoms. The van der Waals surface area contributed by atoms with Gasteiger partial charge in [0.15, 0.2) is 0 Å². The largest absolute Gasteiger partial charge is 0.307 e. The topological polar surface area (TPSA) is 46.9 Å². The van der Waals surface area contributed by atoms with Crippen LogP contribution in [0, 0.1) is 6.92 Å². The Morgan fingerprint density at radius 3 is 2.71 bits per heavy atom. The Bertz CT molecular complexity index is 641. The molecule has 0 radical (unpaired) electrons. The van der Waals surface area contributed by atoms with E-state index in [9.17, 15) is 4.79 Å². The summed E-state index contributed by atoms with van der Waals surface area (Å²) in [5, 5.41) is 7.38. The molecule has 0 saturated heterocycles. The van der Waals surface area contributed by atoms with E-state index < -0.39 is 0 Å². The number of aromatic nitrogens is 2. The quantitative estimate of drug-likeness (QED) is 0.853. The van der Waals surface area contributed by atoms with E-state index in [1.165, 1.54) is 0 Å². The maximum Gasteiger partial charge on any atom is 0.252 e. The van der Waals surface area contributed by atoms with E-state index in [1.54, 1.807) is 0 Å². The third kappa shape index (κ3) is 4.05. The summed E-state index contributed by atoms with van der Waals surface area (Å²) in [6.07, 6.45) is 2.77. The van der Waals surface area contributed by atoms with Gasteiger partial charge in [-0.3, -0.25) is 4.79 Å². The standard InChI is InChI=1S/C17H21N3O/c1-4-8-13(2)17(21)18-16-11-14(3)19-20(16)12-15-9-6-5-7-10-15/h5-11H,4,12H2,1-3H3,(H,18,21). The van der Waals surface area contributed by atoms with Gasteiger partial charge in [-0.1, -0.05) is 43.3 Å². The number of anilines is 1. The molecular formula is C17H21N3O. The van der Waals surface area contributed by atoms with Crippen LogP contribution in [0.1, 0.15) is 31.5 Å². The second-order valence-electron chi connectivity index (χ2n) is 5.06. The van der Waals surface area contributed by atoms with Crippen LogP contribution in [-0.4, -0.2) is 15.7 Å². The van der Waals surface area contributed by atoms with Crippen molar-refractivity contribution in [2.24, 2.45) is 0 Å². The van der Waals surface area contributed by atoms with Crippen molar-refractivity contribution >= 4 is 11.7 Å². The summed E-state index contributed by atoms with van der Waals surface area (Å²) in [4.78, 5) is 12.1. The molecule has 4 heteroatoms. The van der Waals surface area contributed by atoms with E-state index in [4.69, 9.17) is 0 Å². The van der Waals surface area contributed by atoms with Gasteiger partial charge in [-0.25, -0.2) is 4.68 Å². The van der Waals surface area contributed by atoms with Crippen LogP contribution in [0.3, 0.4) is 0 Å². The minimum absolute atomic E-state index is 0.0777. The molecular weight excluding hydrogens is 262 g/mol. The monoisotopic (exact) mass is 283 g/mol. The van der Waals surface area contributed by atoms with Gasteiger partial charge in [0.1, 0.15) is 5.82 Å². The lowest BCUT2D eigenvalue weighted by atomic mass is 10.2. The number of aryl methyl sites for hydroxylation is 1. The van der Waals surface area contributed by atoms with Gasteiger partial charge in [0, 0.05) is 11.6 Å². The molecule has 110 valence electrons. The fraction of sp³-hybridized carbons (Fsp3) is 0.294. The Morgan fingerprint density at radius 1 is 1.33 bits per heavy atom. The minimum atomic E-state index is -0.0777. The maximum atomic E-state index is 12.1. The zero-order valence-electron chi connectivity index (χ0n) is 12.8. The van der Waals surface area contributed by atoms with E-state index in [-0.39, 0.29) is 5.91 Å². The molecule has 0 bridgehead atoms. The molecule has 0 aliphatic rings. The molecule has 1 amide bonds. The molecule has 0 aliphatic heterocycles. The van der Waals surface area contributed by atoms with Crippen LogP contribution in [0.5, 0.6) is 0 Å². The fourth-order valence-corrected chi connectivity index (χ4v) is 2.14. The third-order valence-corrected chi connectivity index (χ3v) is 3.19. The van der Waals surface area contributed by atoms with Gasteiger partial charge < -0.3 is 5.32 Å². The van der Waals surface area contributed by atoms with Crippen molar-refractivity contribution in [1.29, 1.82) is 0 Å². The van der Waals surface area contributed by atoms with Crippen molar-refractivity contribution in [2.75, 3.05) is 5.32 Å². The predicted molar refractivity (Wildman–Crippen MR) is 85.2 cm³/mol. The van der Waals surface area contributed by atoms with Crippen LogP contribution >= 0.6 is 0 Å². The number of carbonyl (C=O) groups is 1. The molecule has 1 N–H and O–H groups in total. The lowest BCUT2D eigenvalue weighted by molar-refractivity contribution is -0.112. The highest BCUT2D eigenvalue weighted by molar-refractivity contribution is 6.02. The van der Waals surface area contributed by atoms with Crippen LogP contribution in [0.4, 0.5) is 5.82 Å². The molecule has 1 aromatic heterocycles. The highest BCUT2D eigenvalue weighted by atomic mass is 16.1. The van der Waals surface area contributed by atoms with Gasteiger partial charge in [-0.2, -0.15) is 5.10 Å². The molecule has 21 heavy (non-hydrogen) atoms. The van der Waals surface area contributed by atoms with Gasteiger partial charge in [0.05, 0.1) is 12.2 Å². The smallest absolute Gasteiger partial charge is 0.252 e. The summed E-state index contributed by atoms with van der Waals surface area (Å²) in [5.41, 5.74) is 2.76. The van der Waals surface area contributed by atoms with E-state index in [0.717, 1.165) is 29.1 Å². The molecule has 2 rings (SSSR count). The molecule has 4 nitrogen and oxygen atoms in total. The lowest BCUT2D eigenvalue weighted by Crippen LogP contribution is -2.16. The normalized spacial score (nSPS) is 11.5. The first kappa shape index (κ1) is 15.0. The predicted octanol–water partition coefficient (Wildman–Crippen LogP) is 3.53. The maximum absolute atomic E-state index is 12.1. The number of rotatable bonds is 5. The first-order chi connectivity index (χ1) is 10.1. The van der Waals surface area contributed by atoms with Crippen LogP contribution < -0.4 is 5.32 Å². The minimum Gasteiger partial charge on any atom is -0.307 e. The van der Waals surface area contributed by atoms with Crippen molar-refractivity contribution < 1.29 is 4.79 Å². The van der Waals surface area contributed by atoms with Crippen molar-refractivity contribution in [3.05, 3.63) is 59.3 Å². The zero-order valence-corrected chi connectivity index (χ0v) is 12.8. The lowest BCUT2D eigenvalue weighted by Gasteiger charge is -2.09. The van der Waals surface area contributed by atoms with E-state index in [0.29, 0.717) is 6.54 Å². The Labute approximate surface area is 125 Å². The number of allylic oxidation sites excluding steroid dienone is 1. The number of nitrogens with zero attached hydrogens (tertiary/aromatic N) is 2. The fourth-order valence-electron chi connectivity index (χ4n) is 2.14. The average Bonchev–Trinajstić information content (AvgIpc) is 2.80. The van der Waals surface area contributed by atoms with Gasteiger partial charge >= 0.3 is 0 Å². The number of hydrogen-bond donors (Lipinski definition) is 1. The van der Waals surface area contributed by atoms with Crippen molar-refractivity contribution in [3.8, 4) is 0 Å². The summed E-state index contributed by atoms with van der Waals surface area (Å²) in [7, 11) is 0. The van der Waals surface area contributed by atoms with Crippen LogP contribution in [-0.2, 0) is 11.3 Å². The van der Waals surface area contributed by atoms with E-state index >= 15 is 0 Å². The van der Waals surface area contributed by atoms with E-state index in [1.807, 2.05) is 67.9 Å². The van der Waals surface area contributed by atoms with Crippen molar-refractivity contribution in [2.45, 2.75) is 33.7 Å². The molecule has 0 aliphatic carbocycles. The van der Waals surface area contributed by atoms with Gasteiger partial charge in [-0.05, 0) is 25.8 Å². The Hall–Kier alpha value is -2.36. The number of hydrogen-bond acceptors (Lipinski definition) is 2. The number of carbonyl (C=O) groups excluding carboxylic acids is 1. The van der Waals surface area contributed by atoms with Gasteiger partial charge in [-0.15, -0.1) is 0 Å². The first-order valence-electron chi connectivity index (χ1n) is 7.16. The SMILES string of the molecule is CCC=C(C)C(=O)Nc1cc(C)nn1Cc1ccccc1. The second kappa shape index (κ2) is 6.88. The third-order valence-electron chi connectivity index (χ3n) is 3.19. The highest BCUT2D eigenvalue weighted by Gasteiger charge is 2.10. The first-order valence-corrected chi connectivity index (χ1v) is 7.16. The second-order valence-corrected chi connectivity index (χ2v) is 5.06. The van der Waals surface area contributed by atoms with Crippen LogP contribution in [0.15, 0.2) is 48.0 Å². The van der Waals surface area contributed by atoms with Crippen LogP contribution in [0.2, 0.25) is 0 Å². The summed E-state index contributed by atoms with van der Waals surface area (Å²) in [6, 6.07) is 12.0. The Kier molecular flexibility index (Phi) is 4.93. The molecule has 1 aromatic carbocycles. The highest BCUT2D eigenvalue weighted by Crippen LogP contribution is 2.14. The molecule has 0 unspecified atom stereocenters. The number of benzene rings is 1. The van der Waals surface area contributed by atoms with Crippen LogP contribution in [0.25, 0.3) is 0 Å². The summed E-state index contributed by atoms with van der Waals surface area (Å²) in [5.74, 6) is 0.649. The van der Waals surface area contributed by atoms with E-state index in [2.05, 4.69) is 10.4 Å². The number of amides is 1. The Morgan fingerprint density at radius 2 is 2.05 bits per heavy atom. The molecule has 0 fully saturated rings. The summed E-state index contributed by atoms with van der Waals surface area (Å²) < 4.78 is 1.82. The van der Waals surface area contributed by atoms with Gasteiger partial charge in [0.25, 0.3) is 5.91 Å². The number of nitrogens with one attached hydrogen (secondary N) is 1. The summed E-state index contributed by atoms with van der Waals surface area (Å²) >= 11 is 0. The van der Waals surface area contributed by atoms with Gasteiger partial charge in [0.2, 0.25) is 0 Å². The van der Waals surface area contributed by atoms with Crippen molar-refractivity contribution in [1.82, 2.24) is 9.78 Å². The molecule has 1 heterocycles. The summed E-state index contributed by atoms with van der Waals surface area (Å²) in [6.45, 7) is 6.40. The zero-order chi connectivity index (χ0) is 15.2. The average molecular weight is 283 g/mol. The molecule has 0 saturated carbocycles. The van der Waals surface area contributed by atoms with Crippen molar-refractivity contribution in [3.63, 3.8) is 0 Å². The molecule has 0 atom stereocenters. The Balaban J connectivity index is 2.17. The molecule has 2 aromatic rings.